The standard InChI is InChI=1S/C17H19Cl2NO2/c1-15(2)16(3)4-5-17(15,9-13(16)21)14(22)20-12-7-10(18)6-11(19)8-12/h6-8H,4-5,9H2,1-3H3,(H,20,22). The number of benzene rings is 1. The van der Waals surface area contributed by atoms with Gasteiger partial charge in [-0.1, -0.05) is 44.0 Å². The molecule has 0 spiro atoms. The molecule has 0 saturated heterocycles. The first kappa shape index (κ1) is 15.8. The highest BCUT2D eigenvalue weighted by atomic mass is 35.5. The van der Waals surface area contributed by atoms with Crippen molar-refractivity contribution in [1.82, 2.24) is 0 Å². The molecule has 0 heterocycles. The molecule has 3 nitrogen and oxygen atoms in total. The number of amides is 1. The first-order chi connectivity index (χ1) is 10.1. The number of fused-ring (bicyclic) bond motifs is 2. The van der Waals surface area contributed by atoms with Gasteiger partial charge in [-0.15, -0.1) is 0 Å². The highest BCUT2D eigenvalue weighted by molar-refractivity contribution is 6.35. The molecule has 2 atom stereocenters. The van der Waals surface area contributed by atoms with Gasteiger partial charge >= 0.3 is 0 Å². The molecule has 1 aromatic rings. The van der Waals surface area contributed by atoms with E-state index in [0.29, 0.717) is 22.2 Å². The topological polar surface area (TPSA) is 46.2 Å². The van der Waals surface area contributed by atoms with E-state index in [0.717, 1.165) is 12.8 Å². The molecule has 2 aliphatic carbocycles. The number of anilines is 1. The number of nitrogens with one attached hydrogen (secondary N) is 1. The van der Waals surface area contributed by atoms with Gasteiger partial charge in [0.1, 0.15) is 5.78 Å². The molecule has 0 radical (unpaired) electrons. The number of carbonyl (C=O) groups excluding carboxylic acids is 2. The molecule has 22 heavy (non-hydrogen) atoms. The minimum atomic E-state index is -0.645. The van der Waals surface area contributed by atoms with Crippen LogP contribution in [-0.4, -0.2) is 11.7 Å². The van der Waals surface area contributed by atoms with Crippen LogP contribution in [0, 0.1) is 16.2 Å². The van der Waals surface area contributed by atoms with E-state index >= 15 is 0 Å². The summed E-state index contributed by atoms with van der Waals surface area (Å²) in [5.74, 6) is 0.0911. The van der Waals surface area contributed by atoms with E-state index in [-0.39, 0.29) is 17.1 Å². The van der Waals surface area contributed by atoms with Crippen LogP contribution in [0.3, 0.4) is 0 Å². The smallest absolute Gasteiger partial charge is 0.231 e. The Bertz CT molecular complexity index is 665. The molecule has 1 N–H and O–H groups in total. The number of hydrogen-bond acceptors (Lipinski definition) is 2. The average Bonchev–Trinajstić information content (AvgIpc) is 2.67. The quantitative estimate of drug-likeness (QED) is 0.847. The minimum Gasteiger partial charge on any atom is -0.325 e. The van der Waals surface area contributed by atoms with Crippen LogP contribution in [0.25, 0.3) is 0 Å². The zero-order chi connectivity index (χ0) is 16.3. The molecule has 5 heteroatoms. The van der Waals surface area contributed by atoms with Crippen LogP contribution in [0.5, 0.6) is 0 Å². The lowest BCUT2D eigenvalue weighted by Crippen LogP contribution is -2.43. The summed E-state index contributed by atoms with van der Waals surface area (Å²) >= 11 is 12.0. The molecule has 0 aromatic heterocycles. The summed E-state index contributed by atoms with van der Waals surface area (Å²) in [4.78, 5) is 25.4. The van der Waals surface area contributed by atoms with Crippen LogP contribution in [0.2, 0.25) is 10.0 Å². The maximum absolute atomic E-state index is 13.0. The molecule has 2 aliphatic rings. The lowest BCUT2D eigenvalue weighted by molar-refractivity contribution is -0.131. The van der Waals surface area contributed by atoms with Gasteiger partial charge in [-0.05, 0) is 36.5 Å². The summed E-state index contributed by atoms with van der Waals surface area (Å²) in [5.41, 5.74) is -0.839. The summed E-state index contributed by atoms with van der Waals surface area (Å²) < 4.78 is 0. The summed E-state index contributed by atoms with van der Waals surface area (Å²) in [6.07, 6.45) is 1.82. The third-order valence-electron chi connectivity index (χ3n) is 6.26. The second-order valence-corrected chi connectivity index (χ2v) is 8.12. The predicted octanol–water partition coefficient (Wildman–Crippen LogP) is 4.72. The molecule has 2 saturated carbocycles. The fraction of sp³-hybridized carbons (Fsp3) is 0.529. The van der Waals surface area contributed by atoms with E-state index in [9.17, 15) is 9.59 Å². The summed E-state index contributed by atoms with van der Waals surface area (Å²) in [7, 11) is 0. The van der Waals surface area contributed by atoms with E-state index in [4.69, 9.17) is 23.2 Å². The van der Waals surface area contributed by atoms with Crippen LogP contribution in [0.4, 0.5) is 5.69 Å². The molecule has 2 unspecified atom stereocenters. The number of halogens is 2. The van der Waals surface area contributed by atoms with Gasteiger partial charge in [-0.3, -0.25) is 9.59 Å². The lowest BCUT2D eigenvalue weighted by atomic mass is 9.64. The second kappa shape index (κ2) is 4.72. The molecule has 2 fully saturated rings. The number of Topliss-reactive ketones (excluding diaryl/α,β-unsaturated/α-hetero) is 1. The van der Waals surface area contributed by atoms with Gasteiger partial charge in [-0.2, -0.15) is 0 Å². The van der Waals surface area contributed by atoms with Gasteiger partial charge in [0, 0.05) is 27.6 Å². The maximum Gasteiger partial charge on any atom is 0.231 e. The zero-order valence-corrected chi connectivity index (χ0v) is 14.4. The molecular formula is C17H19Cl2NO2. The first-order valence-corrected chi connectivity index (χ1v) is 8.19. The monoisotopic (exact) mass is 339 g/mol. The molecule has 3 rings (SSSR count). The Morgan fingerprint density at radius 3 is 2.14 bits per heavy atom. The van der Waals surface area contributed by atoms with Gasteiger partial charge in [-0.25, -0.2) is 0 Å². The Kier molecular flexibility index (Phi) is 3.39. The van der Waals surface area contributed by atoms with Crippen molar-refractivity contribution >= 4 is 40.6 Å². The number of hydrogen-bond donors (Lipinski definition) is 1. The van der Waals surface area contributed by atoms with E-state index < -0.39 is 10.8 Å². The van der Waals surface area contributed by atoms with Crippen molar-refractivity contribution < 1.29 is 9.59 Å². The maximum atomic E-state index is 13.0. The van der Waals surface area contributed by atoms with Crippen molar-refractivity contribution in [2.45, 2.75) is 40.0 Å². The van der Waals surface area contributed by atoms with E-state index in [2.05, 4.69) is 5.32 Å². The van der Waals surface area contributed by atoms with Gasteiger partial charge < -0.3 is 5.32 Å². The fourth-order valence-electron chi connectivity index (χ4n) is 4.24. The van der Waals surface area contributed by atoms with Gasteiger partial charge in [0.05, 0.1) is 5.41 Å². The number of rotatable bonds is 2. The summed E-state index contributed by atoms with van der Waals surface area (Å²) in [6.45, 7) is 6.07. The molecule has 1 aromatic carbocycles. The minimum absolute atomic E-state index is 0.106. The van der Waals surface area contributed by atoms with Crippen LogP contribution in [-0.2, 0) is 9.59 Å². The van der Waals surface area contributed by atoms with Crippen LogP contribution in [0.15, 0.2) is 18.2 Å². The molecular weight excluding hydrogens is 321 g/mol. The Labute approximate surface area is 140 Å². The average molecular weight is 340 g/mol. The highest BCUT2D eigenvalue weighted by Crippen LogP contribution is 2.70. The van der Waals surface area contributed by atoms with E-state index in [1.54, 1.807) is 18.2 Å². The van der Waals surface area contributed by atoms with Crippen LogP contribution < -0.4 is 5.32 Å². The van der Waals surface area contributed by atoms with Crippen molar-refractivity contribution in [3.8, 4) is 0 Å². The summed E-state index contributed by atoms with van der Waals surface area (Å²) in [6, 6.07) is 4.95. The van der Waals surface area contributed by atoms with Crippen LogP contribution >= 0.6 is 23.2 Å². The van der Waals surface area contributed by atoms with Gasteiger partial charge in [0.15, 0.2) is 0 Å². The molecule has 118 valence electrons. The Hall–Kier alpha value is -1.06. The van der Waals surface area contributed by atoms with E-state index in [1.807, 2.05) is 20.8 Å². The van der Waals surface area contributed by atoms with Gasteiger partial charge in [0.25, 0.3) is 0 Å². The summed E-state index contributed by atoms with van der Waals surface area (Å²) in [5, 5.41) is 3.86. The lowest BCUT2D eigenvalue weighted by Gasteiger charge is -2.38. The molecule has 2 bridgehead atoms. The number of carbonyl (C=O) groups is 2. The van der Waals surface area contributed by atoms with E-state index in [1.165, 1.54) is 0 Å². The Balaban J connectivity index is 1.94. The SMILES string of the molecule is CC12CCC(C(=O)Nc3cc(Cl)cc(Cl)c3)(CC1=O)C2(C)C. The normalized spacial score (nSPS) is 32.3. The third-order valence-corrected chi connectivity index (χ3v) is 6.70. The zero-order valence-electron chi connectivity index (χ0n) is 12.9. The van der Waals surface area contributed by atoms with Gasteiger partial charge in [0.2, 0.25) is 5.91 Å². The van der Waals surface area contributed by atoms with Crippen molar-refractivity contribution in [3.63, 3.8) is 0 Å². The van der Waals surface area contributed by atoms with Crippen molar-refractivity contribution in [3.05, 3.63) is 28.2 Å². The highest BCUT2D eigenvalue weighted by Gasteiger charge is 2.72. The number of ketones is 1. The first-order valence-electron chi connectivity index (χ1n) is 7.43. The fourth-order valence-corrected chi connectivity index (χ4v) is 4.76. The Morgan fingerprint density at radius 2 is 1.68 bits per heavy atom. The van der Waals surface area contributed by atoms with Crippen molar-refractivity contribution in [1.29, 1.82) is 0 Å². The molecule has 0 aliphatic heterocycles. The largest absolute Gasteiger partial charge is 0.325 e. The van der Waals surface area contributed by atoms with Crippen molar-refractivity contribution in [2.24, 2.45) is 16.2 Å². The second-order valence-electron chi connectivity index (χ2n) is 7.25. The predicted molar refractivity (Wildman–Crippen MR) is 88.3 cm³/mol. The van der Waals surface area contributed by atoms with Crippen molar-refractivity contribution in [2.75, 3.05) is 5.32 Å². The van der Waals surface area contributed by atoms with Crippen LogP contribution in [0.1, 0.15) is 40.0 Å². The molecule has 1 amide bonds. The third kappa shape index (κ3) is 1.88. The Morgan fingerprint density at radius 1 is 1.09 bits per heavy atom.